The number of aliphatic hydroxyl groups is 1. The Labute approximate surface area is 87.7 Å². The first kappa shape index (κ1) is 10.1. The molecule has 0 saturated carbocycles. The van der Waals surface area contributed by atoms with Crippen LogP contribution < -0.4 is 5.32 Å². The van der Waals surface area contributed by atoms with Gasteiger partial charge in [0.25, 0.3) is 0 Å². The van der Waals surface area contributed by atoms with Crippen molar-refractivity contribution in [3.63, 3.8) is 0 Å². The fourth-order valence-electron chi connectivity index (χ4n) is 1.64. The van der Waals surface area contributed by atoms with Crippen LogP contribution in [0, 0.1) is 0 Å². The Hall–Kier alpha value is -0.420. The van der Waals surface area contributed by atoms with Gasteiger partial charge in [0.05, 0.1) is 25.4 Å². The summed E-state index contributed by atoms with van der Waals surface area (Å²) in [5, 5.41) is 15.0. The molecule has 1 fully saturated rings. The molecule has 1 aromatic rings. The predicted molar refractivity (Wildman–Crippen MR) is 56.5 cm³/mol. The zero-order chi connectivity index (χ0) is 9.97. The SMILES string of the molecule is CC(NC1COCC1O)c1cccs1. The largest absolute Gasteiger partial charge is 0.389 e. The molecule has 1 aliphatic heterocycles. The summed E-state index contributed by atoms with van der Waals surface area (Å²) in [5.41, 5.74) is 0. The molecule has 1 aliphatic rings. The highest BCUT2D eigenvalue weighted by Gasteiger charge is 2.27. The average molecular weight is 213 g/mol. The molecule has 2 heterocycles. The van der Waals surface area contributed by atoms with Gasteiger partial charge in [-0.15, -0.1) is 11.3 Å². The van der Waals surface area contributed by atoms with Crippen molar-refractivity contribution >= 4 is 11.3 Å². The van der Waals surface area contributed by atoms with Crippen LogP contribution in [0.4, 0.5) is 0 Å². The average Bonchev–Trinajstić information content (AvgIpc) is 2.77. The van der Waals surface area contributed by atoms with Gasteiger partial charge in [0.1, 0.15) is 0 Å². The van der Waals surface area contributed by atoms with E-state index in [0.717, 1.165) is 0 Å². The van der Waals surface area contributed by atoms with Crippen LogP contribution in [0.15, 0.2) is 17.5 Å². The molecule has 3 unspecified atom stereocenters. The Morgan fingerprint density at radius 3 is 3.07 bits per heavy atom. The van der Waals surface area contributed by atoms with Crippen molar-refractivity contribution in [1.82, 2.24) is 5.32 Å². The minimum absolute atomic E-state index is 0.0760. The second-order valence-corrected chi connectivity index (χ2v) is 4.59. The number of hydrogen-bond donors (Lipinski definition) is 2. The highest BCUT2D eigenvalue weighted by molar-refractivity contribution is 7.10. The van der Waals surface area contributed by atoms with E-state index >= 15 is 0 Å². The topological polar surface area (TPSA) is 41.5 Å². The summed E-state index contributed by atoms with van der Waals surface area (Å²) in [6.45, 7) is 3.17. The third kappa shape index (κ3) is 2.15. The van der Waals surface area contributed by atoms with Crippen LogP contribution in [0.3, 0.4) is 0 Å². The first-order valence-corrected chi connectivity index (χ1v) is 5.70. The Balaban J connectivity index is 1.91. The van der Waals surface area contributed by atoms with Crippen LogP contribution in [-0.4, -0.2) is 30.5 Å². The van der Waals surface area contributed by atoms with E-state index in [0.29, 0.717) is 13.2 Å². The third-order valence-electron chi connectivity index (χ3n) is 2.48. The summed E-state index contributed by atoms with van der Waals surface area (Å²) in [4.78, 5) is 1.30. The highest BCUT2D eigenvalue weighted by Crippen LogP contribution is 2.20. The lowest BCUT2D eigenvalue weighted by Crippen LogP contribution is -2.39. The lowest BCUT2D eigenvalue weighted by Gasteiger charge is -2.19. The first-order chi connectivity index (χ1) is 6.77. The summed E-state index contributed by atoms with van der Waals surface area (Å²) < 4.78 is 5.18. The Bertz CT molecular complexity index is 276. The highest BCUT2D eigenvalue weighted by atomic mass is 32.1. The molecular formula is C10H15NO2S. The number of aliphatic hydroxyl groups excluding tert-OH is 1. The van der Waals surface area contributed by atoms with Gasteiger partial charge in [0.15, 0.2) is 0 Å². The fraction of sp³-hybridized carbons (Fsp3) is 0.600. The second kappa shape index (κ2) is 4.40. The quantitative estimate of drug-likeness (QED) is 0.791. The molecule has 4 heteroatoms. The van der Waals surface area contributed by atoms with Gasteiger partial charge in [-0.2, -0.15) is 0 Å². The standard InChI is InChI=1S/C10H15NO2S/c1-7(10-3-2-4-14-10)11-8-5-13-6-9(8)12/h2-4,7-9,11-12H,5-6H2,1H3. The molecule has 14 heavy (non-hydrogen) atoms. The molecule has 0 bridgehead atoms. The summed E-state index contributed by atoms with van der Waals surface area (Å²) in [5.74, 6) is 0. The van der Waals surface area contributed by atoms with Crippen LogP contribution in [0.25, 0.3) is 0 Å². The van der Waals surface area contributed by atoms with Crippen molar-refractivity contribution in [3.8, 4) is 0 Å². The maximum Gasteiger partial charge on any atom is 0.0948 e. The predicted octanol–water partition coefficient (Wildman–Crippen LogP) is 1.16. The summed E-state index contributed by atoms with van der Waals surface area (Å²) >= 11 is 1.73. The molecule has 0 aliphatic carbocycles. The number of rotatable bonds is 3. The van der Waals surface area contributed by atoms with Gasteiger partial charge in [0.2, 0.25) is 0 Å². The smallest absolute Gasteiger partial charge is 0.0948 e. The van der Waals surface area contributed by atoms with Crippen molar-refractivity contribution in [2.75, 3.05) is 13.2 Å². The van der Waals surface area contributed by atoms with E-state index in [1.807, 2.05) is 6.07 Å². The number of ether oxygens (including phenoxy) is 1. The van der Waals surface area contributed by atoms with Gasteiger partial charge >= 0.3 is 0 Å². The lowest BCUT2D eigenvalue weighted by atomic mass is 10.1. The summed E-state index contributed by atoms with van der Waals surface area (Å²) in [7, 11) is 0. The van der Waals surface area contributed by atoms with Crippen molar-refractivity contribution in [1.29, 1.82) is 0 Å². The lowest BCUT2D eigenvalue weighted by molar-refractivity contribution is 0.121. The van der Waals surface area contributed by atoms with Gasteiger partial charge in [0, 0.05) is 10.9 Å². The zero-order valence-corrected chi connectivity index (χ0v) is 8.96. The van der Waals surface area contributed by atoms with Crippen molar-refractivity contribution in [2.45, 2.75) is 25.1 Å². The van der Waals surface area contributed by atoms with Crippen LogP contribution in [0.1, 0.15) is 17.8 Å². The zero-order valence-electron chi connectivity index (χ0n) is 8.14. The molecule has 0 spiro atoms. The first-order valence-electron chi connectivity index (χ1n) is 4.82. The van der Waals surface area contributed by atoms with Gasteiger partial charge < -0.3 is 15.2 Å². The van der Waals surface area contributed by atoms with E-state index in [1.165, 1.54) is 4.88 Å². The maximum absolute atomic E-state index is 9.55. The minimum Gasteiger partial charge on any atom is -0.389 e. The Morgan fingerprint density at radius 2 is 2.50 bits per heavy atom. The van der Waals surface area contributed by atoms with Crippen LogP contribution >= 0.6 is 11.3 Å². The Kier molecular flexibility index (Phi) is 3.18. The van der Waals surface area contributed by atoms with Gasteiger partial charge in [-0.25, -0.2) is 0 Å². The molecular weight excluding hydrogens is 198 g/mol. The molecule has 3 atom stereocenters. The number of hydrogen-bond acceptors (Lipinski definition) is 4. The summed E-state index contributed by atoms with van der Waals surface area (Å²) in [6.07, 6.45) is -0.364. The third-order valence-corrected chi connectivity index (χ3v) is 3.54. The molecule has 0 aromatic carbocycles. The van der Waals surface area contributed by atoms with Crippen molar-refractivity contribution in [3.05, 3.63) is 22.4 Å². The van der Waals surface area contributed by atoms with Crippen LogP contribution in [0.2, 0.25) is 0 Å². The van der Waals surface area contributed by atoms with E-state index < -0.39 is 0 Å². The minimum atomic E-state index is -0.364. The van der Waals surface area contributed by atoms with Crippen LogP contribution in [0.5, 0.6) is 0 Å². The molecule has 0 radical (unpaired) electrons. The van der Waals surface area contributed by atoms with E-state index in [-0.39, 0.29) is 18.2 Å². The fourth-order valence-corrected chi connectivity index (χ4v) is 2.39. The molecule has 78 valence electrons. The molecule has 2 rings (SSSR count). The number of nitrogens with one attached hydrogen (secondary N) is 1. The molecule has 1 saturated heterocycles. The van der Waals surface area contributed by atoms with E-state index in [4.69, 9.17) is 4.74 Å². The maximum atomic E-state index is 9.55. The molecule has 3 nitrogen and oxygen atoms in total. The molecule has 1 aromatic heterocycles. The van der Waals surface area contributed by atoms with Gasteiger partial charge in [-0.05, 0) is 18.4 Å². The number of thiophene rings is 1. The molecule has 2 N–H and O–H groups in total. The van der Waals surface area contributed by atoms with Crippen LogP contribution in [-0.2, 0) is 4.74 Å². The van der Waals surface area contributed by atoms with Gasteiger partial charge in [-0.3, -0.25) is 0 Å². The second-order valence-electron chi connectivity index (χ2n) is 3.62. The van der Waals surface area contributed by atoms with Crippen molar-refractivity contribution < 1.29 is 9.84 Å². The normalized spacial score (nSPS) is 29.3. The van der Waals surface area contributed by atoms with E-state index in [9.17, 15) is 5.11 Å². The van der Waals surface area contributed by atoms with E-state index in [1.54, 1.807) is 11.3 Å². The van der Waals surface area contributed by atoms with Crippen molar-refractivity contribution in [2.24, 2.45) is 0 Å². The van der Waals surface area contributed by atoms with E-state index in [2.05, 4.69) is 23.7 Å². The monoisotopic (exact) mass is 213 g/mol. The molecule has 0 amide bonds. The van der Waals surface area contributed by atoms with Gasteiger partial charge in [-0.1, -0.05) is 6.07 Å². The summed E-state index contributed by atoms with van der Waals surface area (Å²) in [6, 6.07) is 4.51. The Morgan fingerprint density at radius 1 is 1.64 bits per heavy atom.